The van der Waals surface area contributed by atoms with Crippen LogP contribution in [0.3, 0.4) is 0 Å². The summed E-state index contributed by atoms with van der Waals surface area (Å²) < 4.78 is 28.0. The van der Waals surface area contributed by atoms with Gasteiger partial charge in [0.1, 0.15) is 0 Å². The van der Waals surface area contributed by atoms with Crippen molar-refractivity contribution >= 4 is 10.2 Å². The van der Waals surface area contributed by atoms with Gasteiger partial charge in [0.25, 0.3) is 10.2 Å². The first-order valence-corrected chi connectivity index (χ1v) is 9.11. The van der Waals surface area contributed by atoms with Crippen molar-refractivity contribution in [2.75, 3.05) is 52.9 Å². The molecule has 2 aliphatic rings. The quantitative estimate of drug-likeness (QED) is 0.639. The summed E-state index contributed by atoms with van der Waals surface area (Å²) in [5, 5.41) is 3.22. The minimum absolute atomic E-state index is 0.582. The Balaban J connectivity index is 1.77. The maximum absolute atomic E-state index is 12.5. The SMILES string of the molecule is CCNCCCN(C)S(=O)(=O)N1CCN(C2CC2)CC1. The van der Waals surface area contributed by atoms with Crippen molar-refractivity contribution in [1.82, 2.24) is 18.8 Å². The van der Waals surface area contributed by atoms with Crippen LogP contribution in [-0.4, -0.2) is 80.8 Å². The lowest BCUT2D eigenvalue weighted by Crippen LogP contribution is -2.52. The number of hydrogen-bond donors (Lipinski definition) is 1. The van der Waals surface area contributed by atoms with Gasteiger partial charge >= 0.3 is 0 Å². The number of nitrogens with one attached hydrogen (secondary N) is 1. The predicted molar refractivity (Wildman–Crippen MR) is 80.9 cm³/mol. The standard InChI is InChI=1S/C13H28N4O2S/c1-3-14-7-4-8-15(2)20(18,19)17-11-9-16(10-12-17)13-5-6-13/h13-14H,3-12H2,1-2H3. The minimum Gasteiger partial charge on any atom is -0.317 e. The van der Waals surface area contributed by atoms with Gasteiger partial charge in [-0.15, -0.1) is 0 Å². The summed E-state index contributed by atoms with van der Waals surface area (Å²) in [6.07, 6.45) is 3.43. The fraction of sp³-hybridized carbons (Fsp3) is 1.00. The van der Waals surface area contributed by atoms with E-state index in [4.69, 9.17) is 0 Å². The number of nitrogens with zero attached hydrogens (tertiary/aromatic N) is 3. The van der Waals surface area contributed by atoms with Crippen molar-refractivity contribution in [2.24, 2.45) is 0 Å². The van der Waals surface area contributed by atoms with Gasteiger partial charge in [-0.05, 0) is 32.4 Å². The molecule has 118 valence electrons. The zero-order valence-electron chi connectivity index (χ0n) is 12.7. The fourth-order valence-electron chi connectivity index (χ4n) is 2.66. The highest BCUT2D eigenvalue weighted by atomic mass is 32.2. The first-order chi connectivity index (χ1) is 9.55. The van der Waals surface area contributed by atoms with Gasteiger partial charge in [-0.1, -0.05) is 6.92 Å². The van der Waals surface area contributed by atoms with Gasteiger partial charge in [0.05, 0.1) is 0 Å². The Morgan fingerprint density at radius 3 is 2.40 bits per heavy atom. The molecule has 0 amide bonds. The molecule has 0 bridgehead atoms. The Kier molecular flexibility index (Phi) is 5.80. The summed E-state index contributed by atoms with van der Waals surface area (Å²) in [6, 6.07) is 0.734. The molecule has 0 atom stereocenters. The van der Waals surface area contributed by atoms with Crippen molar-refractivity contribution in [3.05, 3.63) is 0 Å². The lowest BCUT2D eigenvalue weighted by molar-refractivity contribution is 0.175. The Bertz CT molecular complexity index is 389. The van der Waals surface area contributed by atoms with Crippen molar-refractivity contribution in [1.29, 1.82) is 0 Å². The number of hydrogen-bond acceptors (Lipinski definition) is 4. The molecule has 2 fully saturated rings. The van der Waals surface area contributed by atoms with Crippen LogP contribution >= 0.6 is 0 Å². The molecule has 20 heavy (non-hydrogen) atoms. The van der Waals surface area contributed by atoms with E-state index in [0.29, 0.717) is 19.6 Å². The molecule has 1 heterocycles. The fourth-order valence-corrected chi connectivity index (χ4v) is 4.03. The summed E-state index contributed by atoms with van der Waals surface area (Å²) in [7, 11) is -1.58. The first kappa shape index (κ1) is 16.2. The van der Waals surface area contributed by atoms with E-state index in [1.807, 2.05) is 0 Å². The molecule has 2 rings (SSSR count). The molecule has 1 aliphatic carbocycles. The van der Waals surface area contributed by atoms with Crippen LogP contribution in [0.1, 0.15) is 26.2 Å². The second kappa shape index (κ2) is 7.17. The summed E-state index contributed by atoms with van der Waals surface area (Å²) in [4.78, 5) is 2.43. The van der Waals surface area contributed by atoms with E-state index in [0.717, 1.165) is 38.6 Å². The van der Waals surface area contributed by atoms with E-state index in [1.165, 1.54) is 17.1 Å². The van der Waals surface area contributed by atoms with Crippen LogP contribution in [0.4, 0.5) is 0 Å². The van der Waals surface area contributed by atoms with E-state index in [1.54, 1.807) is 11.4 Å². The van der Waals surface area contributed by atoms with Crippen molar-refractivity contribution in [2.45, 2.75) is 32.2 Å². The monoisotopic (exact) mass is 304 g/mol. The first-order valence-electron chi connectivity index (χ1n) is 7.72. The van der Waals surface area contributed by atoms with Crippen molar-refractivity contribution in [3.63, 3.8) is 0 Å². The van der Waals surface area contributed by atoms with E-state index in [2.05, 4.69) is 17.1 Å². The predicted octanol–water partition coefficient (Wildman–Crippen LogP) is -0.0574. The van der Waals surface area contributed by atoms with E-state index in [-0.39, 0.29) is 0 Å². The molecule has 0 radical (unpaired) electrons. The maximum atomic E-state index is 12.5. The normalized spacial score (nSPS) is 22.6. The van der Waals surface area contributed by atoms with Crippen LogP contribution in [0.5, 0.6) is 0 Å². The van der Waals surface area contributed by atoms with Gasteiger partial charge in [-0.2, -0.15) is 17.0 Å². The summed E-state index contributed by atoms with van der Waals surface area (Å²) >= 11 is 0. The Morgan fingerprint density at radius 1 is 1.20 bits per heavy atom. The van der Waals surface area contributed by atoms with Gasteiger partial charge in [-0.25, -0.2) is 0 Å². The average Bonchev–Trinajstić information content (AvgIpc) is 3.28. The molecule has 0 aromatic rings. The molecular formula is C13H28N4O2S. The lowest BCUT2D eigenvalue weighted by Gasteiger charge is -2.35. The van der Waals surface area contributed by atoms with Crippen molar-refractivity contribution in [3.8, 4) is 0 Å². The molecule has 1 aliphatic heterocycles. The smallest absolute Gasteiger partial charge is 0.281 e. The number of piperazine rings is 1. The molecule has 1 saturated carbocycles. The van der Waals surface area contributed by atoms with E-state index >= 15 is 0 Å². The molecule has 6 nitrogen and oxygen atoms in total. The third-order valence-electron chi connectivity index (χ3n) is 4.13. The van der Waals surface area contributed by atoms with E-state index in [9.17, 15) is 8.42 Å². The Labute approximate surface area is 123 Å². The molecule has 1 saturated heterocycles. The second-order valence-electron chi connectivity index (χ2n) is 5.70. The zero-order chi connectivity index (χ0) is 14.6. The van der Waals surface area contributed by atoms with Gasteiger partial charge in [0.15, 0.2) is 0 Å². The topological polar surface area (TPSA) is 55.9 Å². The van der Waals surface area contributed by atoms with Crippen LogP contribution in [0.2, 0.25) is 0 Å². The van der Waals surface area contributed by atoms with Crippen molar-refractivity contribution < 1.29 is 8.42 Å². The molecule has 0 unspecified atom stereocenters. The molecule has 0 aromatic carbocycles. The van der Waals surface area contributed by atoms with Crippen LogP contribution in [0.15, 0.2) is 0 Å². The van der Waals surface area contributed by atoms with Gasteiger partial charge < -0.3 is 5.32 Å². The summed E-state index contributed by atoms with van der Waals surface area (Å²) in [5.41, 5.74) is 0. The molecular weight excluding hydrogens is 276 g/mol. The third-order valence-corrected chi connectivity index (χ3v) is 6.12. The van der Waals surface area contributed by atoms with Gasteiger partial charge in [0.2, 0.25) is 0 Å². The molecule has 0 spiro atoms. The highest BCUT2D eigenvalue weighted by molar-refractivity contribution is 7.86. The van der Waals surface area contributed by atoms with Crippen LogP contribution in [0, 0.1) is 0 Å². The summed E-state index contributed by atoms with van der Waals surface area (Å²) in [5.74, 6) is 0. The van der Waals surface area contributed by atoms with Crippen LogP contribution < -0.4 is 5.32 Å². The lowest BCUT2D eigenvalue weighted by atomic mass is 10.3. The largest absolute Gasteiger partial charge is 0.317 e. The molecule has 1 N–H and O–H groups in total. The third kappa shape index (κ3) is 4.14. The maximum Gasteiger partial charge on any atom is 0.281 e. The molecule has 7 heteroatoms. The highest BCUT2D eigenvalue weighted by Gasteiger charge is 2.35. The average molecular weight is 304 g/mol. The second-order valence-corrected chi connectivity index (χ2v) is 7.74. The molecule has 0 aromatic heterocycles. The van der Waals surface area contributed by atoms with E-state index < -0.39 is 10.2 Å². The van der Waals surface area contributed by atoms with Gasteiger partial charge in [0, 0.05) is 45.8 Å². The van der Waals surface area contributed by atoms with Crippen LogP contribution in [0.25, 0.3) is 0 Å². The summed E-state index contributed by atoms with van der Waals surface area (Å²) in [6.45, 7) is 7.47. The van der Waals surface area contributed by atoms with Gasteiger partial charge in [-0.3, -0.25) is 4.90 Å². The zero-order valence-corrected chi connectivity index (χ0v) is 13.5. The highest BCUT2D eigenvalue weighted by Crippen LogP contribution is 2.28. The Morgan fingerprint density at radius 2 is 1.85 bits per heavy atom. The van der Waals surface area contributed by atoms with Crippen LogP contribution in [-0.2, 0) is 10.2 Å². The minimum atomic E-state index is -3.27. The Hall–Kier alpha value is -0.210. The number of rotatable bonds is 8.